The molecular weight excluding hydrogens is 172 g/mol. The van der Waals surface area contributed by atoms with Crippen LogP contribution in [0.1, 0.15) is 32.6 Å². The molecule has 0 amide bonds. The lowest BCUT2D eigenvalue weighted by molar-refractivity contribution is 0.158. The molecule has 3 atom stereocenters. The molecule has 0 heterocycles. The van der Waals surface area contributed by atoms with E-state index >= 15 is 0 Å². The number of rotatable bonds is 1. The first kappa shape index (κ1) is 10.9. The highest BCUT2D eigenvalue weighted by Crippen LogP contribution is 2.47. The van der Waals surface area contributed by atoms with Crippen molar-refractivity contribution >= 4 is 0 Å². The van der Waals surface area contributed by atoms with E-state index < -0.39 is 13.0 Å². The van der Waals surface area contributed by atoms with Gasteiger partial charge in [-0.25, -0.2) is 8.78 Å². The molecule has 1 nitrogen and oxygen atoms in total. The Kier molecular flexibility index (Phi) is 4.10. The largest absolute Gasteiger partial charge is 0.325 e. The van der Waals surface area contributed by atoms with Crippen LogP contribution < -0.4 is 5.73 Å². The lowest BCUT2D eigenvalue weighted by Crippen LogP contribution is -2.08. The second kappa shape index (κ2) is 4.89. The lowest BCUT2D eigenvalue weighted by Gasteiger charge is -2.15. The third-order valence-electron chi connectivity index (χ3n) is 3.27. The average molecular weight is 191 g/mol. The van der Waals surface area contributed by atoms with Crippen molar-refractivity contribution in [3.8, 4) is 0 Å². The summed E-state index contributed by atoms with van der Waals surface area (Å²) in [7, 11) is 0. The second-order valence-electron chi connectivity index (χ2n) is 4.28. The predicted molar refractivity (Wildman–Crippen MR) is 49.7 cm³/mol. The summed E-state index contributed by atoms with van der Waals surface area (Å²) in [6, 6.07) is 0. The number of fused-ring (bicyclic) bond motifs is 2. The molecule has 0 aromatic rings. The molecule has 2 rings (SSSR count). The molecule has 0 radical (unpaired) electrons. The molecule has 2 aliphatic rings. The van der Waals surface area contributed by atoms with Crippen LogP contribution in [0.5, 0.6) is 0 Å². The first-order chi connectivity index (χ1) is 6.13. The quantitative estimate of drug-likeness (QED) is 0.677. The minimum absolute atomic E-state index is 0.528. The molecule has 0 saturated heterocycles. The van der Waals surface area contributed by atoms with Gasteiger partial charge in [-0.1, -0.05) is 13.3 Å². The van der Waals surface area contributed by atoms with E-state index in [0.29, 0.717) is 0 Å². The van der Waals surface area contributed by atoms with Crippen molar-refractivity contribution in [1.29, 1.82) is 0 Å². The molecule has 0 spiro atoms. The van der Waals surface area contributed by atoms with Gasteiger partial charge in [0, 0.05) is 0 Å². The highest BCUT2D eigenvalue weighted by atomic mass is 19.3. The molecule has 0 aliphatic heterocycles. The fourth-order valence-corrected chi connectivity index (χ4v) is 2.56. The maximum absolute atomic E-state index is 10.6. The number of nitrogens with two attached hydrogens (primary N) is 1. The molecule has 3 heteroatoms. The van der Waals surface area contributed by atoms with Crippen LogP contribution in [-0.2, 0) is 0 Å². The van der Waals surface area contributed by atoms with Crippen LogP contribution in [0.3, 0.4) is 0 Å². The van der Waals surface area contributed by atoms with E-state index in [4.69, 9.17) is 0 Å². The van der Waals surface area contributed by atoms with E-state index in [2.05, 4.69) is 12.7 Å². The third-order valence-corrected chi connectivity index (χ3v) is 3.27. The van der Waals surface area contributed by atoms with Crippen LogP contribution in [-0.4, -0.2) is 13.0 Å². The second-order valence-corrected chi connectivity index (χ2v) is 4.28. The molecule has 0 aromatic heterocycles. The fourth-order valence-electron chi connectivity index (χ4n) is 2.56. The van der Waals surface area contributed by atoms with Gasteiger partial charge < -0.3 is 5.73 Å². The SMILES string of the molecule is CC1C[C@H]2CCC1C2.NCC(F)F. The Hall–Kier alpha value is -0.180. The summed E-state index contributed by atoms with van der Waals surface area (Å²) < 4.78 is 21.3. The number of hydrogen-bond acceptors (Lipinski definition) is 1. The number of halogens is 2. The van der Waals surface area contributed by atoms with Gasteiger partial charge in [0.2, 0.25) is 0 Å². The molecule has 2 aliphatic carbocycles. The summed E-state index contributed by atoms with van der Waals surface area (Å²) in [6.07, 6.45) is 3.88. The fraction of sp³-hybridized carbons (Fsp3) is 1.00. The van der Waals surface area contributed by atoms with E-state index in [1.165, 1.54) is 0 Å². The van der Waals surface area contributed by atoms with Gasteiger partial charge in [0.15, 0.2) is 0 Å². The Balaban J connectivity index is 0.000000149. The van der Waals surface area contributed by atoms with Crippen LogP contribution in [0.4, 0.5) is 8.78 Å². The first-order valence-corrected chi connectivity index (χ1v) is 5.11. The zero-order valence-electron chi connectivity index (χ0n) is 8.18. The number of alkyl halides is 2. The normalized spacial score (nSPS) is 36.2. The molecule has 78 valence electrons. The van der Waals surface area contributed by atoms with E-state index in [9.17, 15) is 8.78 Å². The molecule has 2 N–H and O–H groups in total. The van der Waals surface area contributed by atoms with E-state index in [1.54, 1.807) is 25.7 Å². The molecule has 0 aromatic carbocycles. The smallest absolute Gasteiger partial charge is 0.250 e. The summed E-state index contributed by atoms with van der Waals surface area (Å²) in [5, 5.41) is 0. The summed E-state index contributed by atoms with van der Waals surface area (Å²) in [5.74, 6) is 3.36. The maximum atomic E-state index is 10.6. The van der Waals surface area contributed by atoms with Gasteiger partial charge in [-0.05, 0) is 37.0 Å². The summed E-state index contributed by atoms with van der Waals surface area (Å²) in [6.45, 7) is 1.89. The Morgan fingerprint density at radius 3 is 2.08 bits per heavy atom. The average Bonchev–Trinajstić information content (AvgIpc) is 2.65. The van der Waals surface area contributed by atoms with Crippen LogP contribution in [0, 0.1) is 17.8 Å². The zero-order valence-corrected chi connectivity index (χ0v) is 8.18. The van der Waals surface area contributed by atoms with Crippen molar-refractivity contribution in [1.82, 2.24) is 0 Å². The van der Waals surface area contributed by atoms with Gasteiger partial charge in [-0.2, -0.15) is 0 Å². The topological polar surface area (TPSA) is 26.0 Å². The Bertz CT molecular complexity index is 148. The van der Waals surface area contributed by atoms with Crippen molar-refractivity contribution in [2.24, 2.45) is 23.5 Å². The summed E-state index contributed by atoms with van der Waals surface area (Å²) >= 11 is 0. The van der Waals surface area contributed by atoms with Gasteiger partial charge in [0.05, 0.1) is 6.54 Å². The van der Waals surface area contributed by atoms with E-state index in [-0.39, 0.29) is 0 Å². The van der Waals surface area contributed by atoms with Crippen molar-refractivity contribution in [2.45, 2.75) is 39.0 Å². The Morgan fingerprint density at radius 1 is 1.31 bits per heavy atom. The summed E-state index contributed by atoms with van der Waals surface area (Å²) in [4.78, 5) is 0. The molecule has 2 fully saturated rings. The molecule has 13 heavy (non-hydrogen) atoms. The summed E-state index contributed by atoms with van der Waals surface area (Å²) in [5.41, 5.74) is 4.42. The first-order valence-electron chi connectivity index (χ1n) is 5.11. The van der Waals surface area contributed by atoms with Crippen molar-refractivity contribution in [3.63, 3.8) is 0 Å². The van der Waals surface area contributed by atoms with Crippen molar-refractivity contribution in [2.75, 3.05) is 6.54 Å². The third kappa shape index (κ3) is 3.22. The Morgan fingerprint density at radius 2 is 1.92 bits per heavy atom. The van der Waals surface area contributed by atoms with Gasteiger partial charge >= 0.3 is 0 Å². The predicted octanol–water partition coefficient (Wildman–Crippen LogP) is 2.65. The van der Waals surface area contributed by atoms with Crippen LogP contribution in [0.2, 0.25) is 0 Å². The highest BCUT2D eigenvalue weighted by Gasteiger charge is 2.36. The van der Waals surface area contributed by atoms with Crippen LogP contribution >= 0.6 is 0 Å². The maximum Gasteiger partial charge on any atom is 0.250 e. The van der Waals surface area contributed by atoms with E-state index in [0.717, 1.165) is 17.8 Å². The Labute approximate surface area is 78.7 Å². The molecular formula is C10H19F2N. The lowest BCUT2D eigenvalue weighted by atomic mass is 9.91. The number of hydrogen-bond donors (Lipinski definition) is 1. The monoisotopic (exact) mass is 191 g/mol. The van der Waals surface area contributed by atoms with E-state index in [1.807, 2.05) is 0 Å². The van der Waals surface area contributed by atoms with Crippen LogP contribution in [0.15, 0.2) is 0 Å². The van der Waals surface area contributed by atoms with Gasteiger partial charge in [0.1, 0.15) is 0 Å². The molecule has 2 bridgehead atoms. The minimum Gasteiger partial charge on any atom is -0.325 e. The van der Waals surface area contributed by atoms with Crippen molar-refractivity contribution < 1.29 is 8.78 Å². The molecule has 2 unspecified atom stereocenters. The van der Waals surface area contributed by atoms with Gasteiger partial charge in [-0.15, -0.1) is 0 Å². The van der Waals surface area contributed by atoms with Gasteiger partial charge in [0.25, 0.3) is 6.43 Å². The minimum atomic E-state index is -2.34. The highest BCUT2D eigenvalue weighted by molar-refractivity contribution is 4.87. The van der Waals surface area contributed by atoms with Crippen LogP contribution in [0.25, 0.3) is 0 Å². The zero-order chi connectivity index (χ0) is 9.84. The standard InChI is InChI=1S/C8H14.C2H5F2N/c1-6-4-7-2-3-8(6)5-7;3-2(4)1-5/h6-8H,2-5H2,1H3;2H,1,5H2/t6?,7-,8?;/m1./s1. The van der Waals surface area contributed by atoms with Gasteiger partial charge in [-0.3, -0.25) is 0 Å². The van der Waals surface area contributed by atoms with Crippen molar-refractivity contribution in [3.05, 3.63) is 0 Å². The molecule has 2 saturated carbocycles.